The summed E-state index contributed by atoms with van der Waals surface area (Å²) in [6.07, 6.45) is 2.24. The van der Waals surface area contributed by atoms with Crippen LogP contribution < -0.4 is 10.1 Å². The molecular weight excluding hydrogens is 348 g/mol. The second kappa shape index (κ2) is 6.91. The number of ether oxygens (including phenoxy) is 1. The number of fused-ring (bicyclic) bond motifs is 1. The van der Waals surface area contributed by atoms with Crippen LogP contribution in [0.4, 0.5) is 5.69 Å². The summed E-state index contributed by atoms with van der Waals surface area (Å²) in [6.45, 7) is 0.372. The first-order chi connectivity index (χ1) is 13.1. The van der Waals surface area contributed by atoms with Crippen molar-refractivity contribution in [1.82, 2.24) is 15.1 Å². The Morgan fingerprint density at radius 1 is 1.26 bits per heavy atom. The van der Waals surface area contributed by atoms with Gasteiger partial charge in [-0.05, 0) is 23.8 Å². The van der Waals surface area contributed by atoms with E-state index in [1.807, 2.05) is 24.3 Å². The Balaban J connectivity index is 1.39. The van der Waals surface area contributed by atoms with Crippen LogP contribution in [0.2, 0.25) is 0 Å². The summed E-state index contributed by atoms with van der Waals surface area (Å²) in [7, 11) is 0. The van der Waals surface area contributed by atoms with Crippen LogP contribution in [0.5, 0.6) is 5.75 Å². The number of hydrogen-bond acceptors (Lipinski definition) is 5. The van der Waals surface area contributed by atoms with E-state index >= 15 is 0 Å². The predicted octanol–water partition coefficient (Wildman–Crippen LogP) is 2.51. The van der Waals surface area contributed by atoms with Gasteiger partial charge < -0.3 is 10.1 Å². The number of carbonyl (C=O) groups excluding carboxylic acids is 1. The number of rotatable bonds is 5. The molecule has 1 aliphatic rings. The zero-order valence-corrected chi connectivity index (χ0v) is 14.2. The van der Waals surface area contributed by atoms with Gasteiger partial charge >= 0.3 is 0 Å². The molecule has 4 rings (SSSR count). The molecule has 27 heavy (non-hydrogen) atoms. The molecule has 8 heteroatoms. The van der Waals surface area contributed by atoms with E-state index in [0.29, 0.717) is 12.2 Å². The molecule has 0 bridgehead atoms. The SMILES string of the molecule is O=C(NC[C@@H]1Cc2ccccc2O1)c1ccn(-c2cccc([N+](=O)[O-])c2)n1. The quantitative estimate of drug-likeness (QED) is 0.554. The standard InChI is InChI=1S/C19H16N4O4/c24-19(20-12-16-10-13-4-1-2-7-18(13)27-16)17-8-9-22(21-17)14-5-3-6-15(11-14)23(25)26/h1-9,11,16H,10,12H2,(H,20,24)/t16-/m0/s1. The van der Waals surface area contributed by atoms with Crippen LogP contribution in [0.25, 0.3) is 5.69 Å². The van der Waals surface area contributed by atoms with Crippen LogP contribution in [0, 0.1) is 10.1 Å². The van der Waals surface area contributed by atoms with Crippen molar-refractivity contribution in [2.75, 3.05) is 6.54 Å². The Morgan fingerprint density at radius 3 is 2.93 bits per heavy atom. The summed E-state index contributed by atoms with van der Waals surface area (Å²) >= 11 is 0. The van der Waals surface area contributed by atoms with E-state index in [0.717, 1.165) is 17.7 Å². The van der Waals surface area contributed by atoms with Crippen molar-refractivity contribution in [1.29, 1.82) is 0 Å². The fourth-order valence-electron chi connectivity index (χ4n) is 3.00. The van der Waals surface area contributed by atoms with Crippen molar-refractivity contribution in [2.24, 2.45) is 0 Å². The molecule has 0 spiro atoms. The van der Waals surface area contributed by atoms with Gasteiger partial charge in [0.15, 0.2) is 5.69 Å². The smallest absolute Gasteiger partial charge is 0.271 e. The van der Waals surface area contributed by atoms with Crippen LogP contribution in [0.1, 0.15) is 16.1 Å². The Labute approximate surface area is 154 Å². The molecule has 0 saturated carbocycles. The van der Waals surface area contributed by atoms with Crippen LogP contribution in [0.3, 0.4) is 0 Å². The van der Waals surface area contributed by atoms with Crippen molar-refractivity contribution in [3.63, 3.8) is 0 Å². The number of non-ortho nitro benzene ring substituents is 1. The summed E-state index contributed by atoms with van der Waals surface area (Å²) < 4.78 is 7.23. The maximum Gasteiger partial charge on any atom is 0.271 e. The van der Waals surface area contributed by atoms with Gasteiger partial charge in [0.05, 0.1) is 17.2 Å². The number of nitrogens with one attached hydrogen (secondary N) is 1. The second-order valence-electron chi connectivity index (χ2n) is 6.18. The second-order valence-corrected chi connectivity index (χ2v) is 6.18. The van der Waals surface area contributed by atoms with Gasteiger partial charge in [0, 0.05) is 24.8 Å². The molecule has 1 amide bonds. The molecule has 0 unspecified atom stereocenters. The monoisotopic (exact) mass is 364 g/mol. The first-order valence-electron chi connectivity index (χ1n) is 8.43. The molecule has 1 N–H and O–H groups in total. The minimum Gasteiger partial charge on any atom is -0.488 e. The van der Waals surface area contributed by atoms with Crippen molar-refractivity contribution in [3.8, 4) is 11.4 Å². The maximum absolute atomic E-state index is 12.3. The lowest BCUT2D eigenvalue weighted by Crippen LogP contribution is -2.34. The predicted molar refractivity (Wildman–Crippen MR) is 97.1 cm³/mol. The fourth-order valence-corrected chi connectivity index (χ4v) is 3.00. The Kier molecular flexibility index (Phi) is 4.29. The Hall–Kier alpha value is -3.68. The van der Waals surface area contributed by atoms with Crippen molar-refractivity contribution in [2.45, 2.75) is 12.5 Å². The van der Waals surface area contributed by atoms with E-state index in [2.05, 4.69) is 10.4 Å². The van der Waals surface area contributed by atoms with Gasteiger partial charge in [-0.3, -0.25) is 14.9 Å². The van der Waals surface area contributed by atoms with Gasteiger partial charge in [-0.25, -0.2) is 4.68 Å². The highest BCUT2D eigenvalue weighted by Gasteiger charge is 2.23. The highest BCUT2D eigenvalue weighted by molar-refractivity contribution is 5.92. The van der Waals surface area contributed by atoms with Crippen LogP contribution >= 0.6 is 0 Å². The molecular formula is C19H16N4O4. The zero-order valence-electron chi connectivity index (χ0n) is 14.2. The molecule has 1 aliphatic heterocycles. The van der Waals surface area contributed by atoms with E-state index in [1.165, 1.54) is 16.8 Å². The molecule has 2 heterocycles. The number of nitro benzene ring substituents is 1. The molecule has 0 fully saturated rings. The number of nitrogens with zero attached hydrogens (tertiary/aromatic N) is 3. The molecule has 8 nitrogen and oxygen atoms in total. The third-order valence-corrected chi connectivity index (χ3v) is 4.33. The first-order valence-corrected chi connectivity index (χ1v) is 8.43. The molecule has 0 radical (unpaired) electrons. The zero-order chi connectivity index (χ0) is 18.8. The van der Waals surface area contributed by atoms with Crippen molar-refractivity contribution >= 4 is 11.6 Å². The largest absolute Gasteiger partial charge is 0.488 e. The average molecular weight is 364 g/mol. The Morgan fingerprint density at radius 2 is 2.11 bits per heavy atom. The topological polar surface area (TPSA) is 99.3 Å². The lowest BCUT2D eigenvalue weighted by Gasteiger charge is -2.11. The van der Waals surface area contributed by atoms with E-state index in [-0.39, 0.29) is 23.4 Å². The molecule has 1 atom stereocenters. The number of nitro groups is 1. The summed E-state index contributed by atoms with van der Waals surface area (Å²) in [5, 5.41) is 17.9. The third kappa shape index (κ3) is 3.50. The summed E-state index contributed by atoms with van der Waals surface area (Å²) in [6, 6.07) is 15.4. The summed E-state index contributed by atoms with van der Waals surface area (Å²) in [5.41, 5.74) is 1.84. The number of para-hydroxylation sites is 1. The van der Waals surface area contributed by atoms with Crippen molar-refractivity contribution < 1.29 is 14.5 Å². The van der Waals surface area contributed by atoms with Crippen LogP contribution in [-0.2, 0) is 6.42 Å². The van der Waals surface area contributed by atoms with E-state index in [4.69, 9.17) is 4.74 Å². The molecule has 0 saturated heterocycles. The van der Waals surface area contributed by atoms with E-state index < -0.39 is 4.92 Å². The molecule has 2 aromatic carbocycles. The minimum absolute atomic E-state index is 0.0352. The average Bonchev–Trinajstić information content (AvgIpc) is 3.33. The molecule has 3 aromatic rings. The first kappa shape index (κ1) is 16.8. The third-order valence-electron chi connectivity index (χ3n) is 4.33. The number of aromatic nitrogens is 2. The van der Waals surface area contributed by atoms with Crippen molar-refractivity contribution in [3.05, 3.63) is 82.2 Å². The lowest BCUT2D eigenvalue weighted by atomic mass is 10.1. The van der Waals surface area contributed by atoms with Crippen LogP contribution in [-0.4, -0.2) is 33.3 Å². The lowest BCUT2D eigenvalue weighted by molar-refractivity contribution is -0.384. The minimum atomic E-state index is -0.472. The van der Waals surface area contributed by atoms with Gasteiger partial charge in [0.25, 0.3) is 11.6 Å². The summed E-state index contributed by atoms with van der Waals surface area (Å²) in [5.74, 6) is 0.533. The normalized spacial score (nSPS) is 15.0. The van der Waals surface area contributed by atoms with E-state index in [1.54, 1.807) is 24.4 Å². The number of amides is 1. The fraction of sp³-hybridized carbons (Fsp3) is 0.158. The number of carbonyl (C=O) groups is 1. The van der Waals surface area contributed by atoms with Gasteiger partial charge in [-0.15, -0.1) is 0 Å². The molecule has 1 aromatic heterocycles. The summed E-state index contributed by atoms with van der Waals surface area (Å²) in [4.78, 5) is 22.8. The van der Waals surface area contributed by atoms with Gasteiger partial charge in [0.1, 0.15) is 11.9 Å². The highest BCUT2D eigenvalue weighted by atomic mass is 16.6. The number of benzene rings is 2. The number of hydrogen-bond donors (Lipinski definition) is 1. The maximum atomic E-state index is 12.3. The molecule has 136 valence electrons. The van der Waals surface area contributed by atoms with Gasteiger partial charge in [-0.2, -0.15) is 5.10 Å². The highest BCUT2D eigenvalue weighted by Crippen LogP contribution is 2.27. The van der Waals surface area contributed by atoms with E-state index in [9.17, 15) is 14.9 Å². The van der Waals surface area contributed by atoms with Gasteiger partial charge in [0.2, 0.25) is 0 Å². The Bertz CT molecular complexity index is 989. The molecule has 0 aliphatic carbocycles. The van der Waals surface area contributed by atoms with Gasteiger partial charge in [-0.1, -0.05) is 24.3 Å². The van der Waals surface area contributed by atoms with Crippen LogP contribution in [0.15, 0.2) is 60.8 Å².